The maximum atomic E-state index is 11.9. The molecule has 0 N–H and O–H groups in total. The molecule has 1 heterocycles. The number of nitrogens with zero attached hydrogens (tertiary/aromatic N) is 2. The van der Waals surface area contributed by atoms with E-state index < -0.39 is 0 Å². The van der Waals surface area contributed by atoms with E-state index in [-0.39, 0.29) is 5.88 Å². The number of benzene rings is 2. The number of rotatable bonds is 5. The van der Waals surface area contributed by atoms with Crippen LogP contribution in [0.2, 0.25) is 0 Å². The molecule has 0 aliphatic heterocycles. The summed E-state index contributed by atoms with van der Waals surface area (Å²) in [4.78, 5) is 0. The minimum absolute atomic E-state index is 0.317. The minimum atomic E-state index is -0.317. The van der Waals surface area contributed by atoms with Crippen LogP contribution in [0.15, 0.2) is 48.5 Å². The van der Waals surface area contributed by atoms with Gasteiger partial charge in [0.15, 0.2) is 11.5 Å². The van der Waals surface area contributed by atoms with E-state index in [4.69, 9.17) is 14.2 Å². The molecule has 0 unspecified atom stereocenters. The highest BCUT2D eigenvalue weighted by Gasteiger charge is 2.18. The molecule has 6 nitrogen and oxygen atoms in total. The third-order valence-electron chi connectivity index (χ3n) is 3.65. The van der Waals surface area contributed by atoms with E-state index in [1.165, 1.54) is 6.07 Å². The molecule has 0 fully saturated rings. The van der Waals surface area contributed by atoms with Crippen LogP contribution < -0.4 is 14.2 Å². The summed E-state index contributed by atoms with van der Waals surface area (Å²) in [5.41, 5.74) is 2.18. The number of hydrogen-bond acceptors (Lipinski definition) is 4. The molecule has 2 aromatic carbocycles. The van der Waals surface area contributed by atoms with E-state index >= 15 is 0 Å². The highest BCUT2D eigenvalue weighted by molar-refractivity contribution is 5.70. The van der Waals surface area contributed by atoms with Crippen molar-refractivity contribution < 1.29 is 19.3 Å². The van der Waals surface area contributed by atoms with Crippen LogP contribution in [-0.2, 0) is 5.11 Å². The van der Waals surface area contributed by atoms with Gasteiger partial charge in [-0.15, -0.1) is 5.10 Å². The Morgan fingerprint density at radius 2 is 1.50 bits per heavy atom. The topological polar surface area (TPSA) is 65.4 Å². The van der Waals surface area contributed by atoms with Crippen LogP contribution in [0.1, 0.15) is 0 Å². The summed E-state index contributed by atoms with van der Waals surface area (Å²) in [5, 5.41) is 15.9. The first-order chi connectivity index (χ1) is 11.7. The quantitative estimate of drug-likeness (QED) is 0.717. The van der Waals surface area contributed by atoms with Crippen LogP contribution in [0.5, 0.6) is 23.1 Å². The lowest BCUT2D eigenvalue weighted by Crippen LogP contribution is -2.00. The molecule has 0 spiro atoms. The molecule has 0 amide bonds. The number of methoxy groups -OCH3 is 3. The van der Waals surface area contributed by atoms with Gasteiger partial charge in [-0.1, -0.05) is 18.2 Å². The molecule has 0 bridgehead atoms. The molecule has 0 saturated heterocycles. The van der Waals surface area contributed by atoms with Crippen molar-refractivity contribution in [3.05, 3.63) is 48.5 Å². The summed E-state index contributed by atoms with van der Waals surface area (Å²) in [6, 6.07) is 14.5. The summed E-state index contributed by atoms with van der Waals surface area (Å²) < 4.78 is 17.7. The largest absolute Gasteiger partial charge is 0.493 e. The molecular formula is C18H17N2O4. The molecule has 123 valence electrons. The van der Waals surface area contributed by atoms with Crippen LogP contribution in [0, 0.1) is 0 Å². The Morgan fingerprint density at radius 1 is 0.875 bits per heavy atom. The summed E-state index contributed by atoms with van der Waals surface area (Å²) in [6.07, 6.45) is 0. The van der Waals surface area contributed by atoms with Gasteiger partial charge >= 0.3 is 0 Å². The van der Waals surface area contributed by atoms with Gasteiger partial charge < -0.3 is 14.2 Å². The van der Waals surface area contributed by atoms with Crippen LogP contribution in [0.3, 0.4) is 0 Å². The second-order valence-corrected chi connectivity index (χ2v) is 5.03. The Balaban J connectivity index is 2.20. The Morgan fingerprint density at radius 3 is 2.04 bits per heavy atom. The van der Waals surface area contributed by atoms with E-state index in [0.29, 0.717) is 22.9 Å². The van der Waals surface area contributed by atoms with Gasteiger partial charge in [0.25, 0.3) is 5.88 Å². The van der Waals surface area contributed by atoms with E-state index in [9.17, 15) is 5.11 Å². The lowest BCUT2D eigenvalue weighted by Gasteiger charge is -2.14. The van der Waals surface area contributed by atoms with Gasteiger partial charge in [0.2, 0.25) is 5.75 Å². The fourth-order valence-corrected chi connectivity index (χ4v) is 2.56. The first kappa shape index (κ1) is 15.7. The lowest BCUT2D eigenvalue weighted by atomic mass is 10.1. The molecule has 0 aliphatic carbocycles. The van der Waals surface area contributed by atoms with E-state index in [1.54, 1.807) is 38.1 Å². The van der Waals surface area contributed by atoms with Gasteiger partial charge in [0.1, 0.15) is 0 Å². The second kappa shape index (κ2) is 6.54. The Hall–Kier alpha value is -3.15. The Bertz CT molecular complexity index is 818. The smallest absolute Gasteiger partial charge is 0.288 e. The maximum Gasteiger partial charge on any atom is 0.288 e. The molecule has 3 rings (SSSR count). The first-order valence-electron chi connectivity index (χ1n) is 7.30. The van der Waals surface area contributed by atoms with E-state index in [0.717, 1.165) is 11.3 Å². The van der Waals surface area contributed by atoms with Gasteiger partial charge in [-0.25, -0.2) is 4.68 Å². The average Bonchev–Trinajstić information content (AvgIpc) is 3.03. The molecule has 0 aliphatic rings. The van der Waals surface area contributed by atoms with E-state index in [2.05, 4.69) is 5.10 Å². The zero-order valence-corrected chi connectivity index (χ0v) is 13.6. The van der Waals surface area contributed by atoms with Crippen molar-refractivity contribution >= 4 is 0 Å². The number of para-hydroxylation sites is 1. The van der Waals surface area contributed by atoms with Crippen molar-refractivity contribution in [2.75, 3.05) is 21.3 Å². The second-order valence-electron chi connectivity index (χ2n) is 5.03. The normalized spacial score (nSPS) is 10.5. The molecule has 0 atom stereocenters. The molecule has 1 radical (unpaired) electrons. The molecule has 0 saturated carbocycles. The Labute approximate surface area is 139 Å². The summed E-state index contributed by atoms with van der Waals surface area (Å²) >= 11 is 0. The van der Waals surface area contributed by atoms with Crippen LogP contribution in [0.4, 0.5) is 0 Å². The van der Waals surface area contributed by atoms with Crippen molar-refractivity contribution in [1.82, 2.24) is 9.78 Å². The fraction of sp³-hybridized carbons (Fsp3) is 0.167. The third kappa shape index (κ3) is 2.74. The zero-order valence-electron chi connectivity index (χ0n) is 13.6. The highest BCUT2D eigenvalue weighted by Crippen LogP contribution is 2.42. The SMILES string of the molecule is COc1cc(-c2cc([O])nn2-c2ccccc2)cc(OC)c1OC. The Kier molecular flexibility index (Phi) is 4.29. The van der Waals surface area contributed by atoms with Gasteiger partial charge in [-0.05, 0) is 24.3 Å². The number of hydrogen-bond donors (Lipinski definition) is 0. The molecule has 1 aromatic heterocycles. The predicted octanol–water partition coefficient (Wildman–Crippen LogP) is 3.71. The molecule has 3 aromatic rings. The van der Waals surface area contributed by atoms with Crippen LogP contribution >= 0.6 is 0 Å². The van der Waals surface area contributed by atoms with Gasteiger partial charge in [0, 0.05) is 11.6 Å². The summed E-state index contributed by atoms with van der Waals surface area (Å²) in [6.45, 7) is 0. The molecule has 24 heavy (non-hydrogen) atoms. The van der Waals surface area contributed by atoms with Crippen molar-refractivity contribution in [3.8, 4) is 40.1 Å². The van der Waals surface area contributed by atoms with Crippen LogP contribution in [0.25, 0.3) is 16.9 Å². The molecular weight excluding hydrogens is 308 g/mol. The minimum Gasteiger partial charge on any atom is -0.493 e. The zero-order chi connectivity index (χ0) is 17.1. The monoisotopic (exact) mass is 325 g/mol. The van der Waals surface area contributed by atoms with Gasteiger partial charge in [-0.3, -0.25) is 5.11 Å². The summed E-state index contributed by atoms with van der Waals surface area (Å²) in [5.74, 6) is 1.21. The van der Waals surface area contributed by atoms with Crippen molar-refractivity contribution in [1.29, 1.82) is 0 Å². The number of aromatic nitrogens is 2. The van der Waals surface area contributed by atoms with Crippen molar-refractivity contribution in [2.24, 2.45) is 0 Å². The third-order valence-corrected chi connectivity index (χ3v) is 3.65. The maximum absolute atomic E-state index is 11.9. The summed E-state index contributed by atoms with van der Waals surface area (Å²) in [7, 11) is 4.65. The standard InChI is InChI=1S/C18H17N2O4/c1-22-15-9-12(10-16(23-2)18(15)24-3)14-11-17(21)19-20(14)13-7-5-4-6-8-13/h4-11H,1-3H3. The first-order valence-corrected chi connectivity index (χ1v) is 7.30. The van der Waals surface area contributed by atoms with Gasteiger partial charge in [0.05, 0.1) is 32.7 Å². The fourth-order valence-electron chi connectivity index (χ4n) is 2.56. The van der Waals surface area contributed by atoms with Gasteiger partial charge in [-0.2, -0.15) is 0 Å². The number of ether oxygens (including phenoxy) is 3. The molecule has 6 heteroatoms. The van der Waals surface area contributed by atoms with Crippen LogP contribution in [-0.4, -0.2) is 31.1 Å². The highest BCUT2D eigenvalue weighted by atomic mass is 16.5. The predicted molar refractivity (Wildman–Crippen MR) is 88.8 cm³/mol. The van der Waals surface area contributed by atoms with Crippen molar-refractivity contribution in [3.63, 3.8) is 0 Å². The van der Waals surface area contributed by atoms with Crippen molar-refractivity contribution in [2.45, 2.75) is 0 Å². The average molecular weight is 325 g/mol. The lowest BCUT2D eigenvalue weighted by molar-refractivity contribution is 0.324. The van der Waals surface area contributed by atoms with E-state index in [1.807, 2.05) is 30.3 Å².